The quantitative estimate of drug-likeness (QED) is 0.171. The van der Waals surface area contributed by atoms with E-state index in [9.17, 15) is 0 Å². The molecule has 1 atom stereocenters. The van der Waals surface area contributed by atoms with Crippen LogP contribution in [0.2, 0.25) is 0 Å². The number of hydrogen-bond donors (Lipinski definition) is 0. The normalized spacial score (nSPS) is 13.0. The first-order valence-corrected chi connectivity index (χ1v) is 26.2. The molecular formula is C60H72O6P2. The van der Waals surface area contributed by atoms with Crippen molar-refractivity contribution in [2.75, 3.05) is 0 Å². The molecule has 0 saturated carbocycles. The number of rotatable bonds is 5. The lowest BCUT2D eigenvalue weighted by Gasteiger charge is -2.24. The van der Waals surface area contributed by atoms with Crippen LogP contribution in [0.3, 0.4) is 0 Å². The number of para-hydroxylation sites is 2. The van der Waals surface area contributed by atoms with Crippen molar-refractivity contribution in [3.8, 4) is 22.6 Å². The van der Waals surface area contributed by atoms with Crippen LogP contribution in [0.15, 0.2) is 89.6 Å². The summed E-state index contributed by atoms with van der Waals surface area (Å²) >= 11 is 0. The Hall–Kier alpha value is -5.28. The molecule has 0 bridgehead atoms. The Labute approximate surface area is 406 Å². The molecular weight excluding hydrogens is 879 g/mol. The zero-order valence-electron chi connectivity index (χ0n) is 44.3. The third-order valence-electron chi connectivity index (χ3n) is 14.1. The highest BCUT2D eigenvalue weighted by Gasteiger charge is 2.30. The fourth-order valence-corrected chi connectivity index (χ4v) is 11.9. The molecule has 0 aliphatic rings. The molecule has 358 valence electrons. The van der Waals surface area contributed by atoms with Gasteiger partial charge in [0.2, 0.25) is 0 Å². The van der Waals surface area contributed by atoms with Crippen molar-refractivity contribution in [3.05, 3.63) is 140 Å². The van der Waals surface area contributed by atoms with Crippen LogP contribution in [0.1, 0.15) is 150 Å². The molecule has 2 heterocycles. The highest BCUT2D eigenvalue weighted by atomic mass is 31.1. The van der Waals surface area contributed by atoms with Crippen LogP contribution < -0.4 is 9.05 Å². The fraction of sp³-hybridized carbons (Fsp3) is 0.400. The van der Waals surface area contributed by atoms with E-state index in [0.717, 1.165) is 71.7 Å². The van der Waals surface area contributed by atoms with Crippen molar-refractivity contribution in [1.29, 1.82) is 0 Å². The summed E-state index contributed by atoms with van der Waals surface area (Å²) in [6, 6.07) is 25.2. The zero-order chi connectivity index (χ0) is 49.7. The smallest absolute Gasteiger partial charge is 0.390 e. The molecule has 0 radical (unpaired) electrons. The first kappa shape index (κ1) is 49.2. The summed E-state index contributed by atoms with van der Waals surface area (Å²) in [4.78, 5) is 0. The molecule has 6 aromatic carbocycles. The summed E-state index contributed by atoms with van der Waals surface area (Å²) in [7, 11) is -4.06. The van der Waals surface area contributed by atoms with Gasteiger partial charge in [-0.1, -0.05) is 138 Å². The van der Waals surface area contributed by atoms with Gasteiger partial charge in [0.1, 0.15) is 33.8 Å². The van der Waals surface area contributed by atoms with Gasteiger partial charge >= 0.3 is 16.5 Å². The van der Waals surface area contributed by atoms with E-state index in [-0.39, 0.29) is 21.7 Å². The first-order chi connectivity index (χ1) is 31.6. The Morgan fingerprint density at radius 1 is 0.353 bits per heavy atom. The van der Waals surface area contributed by atoms with Crippen molar-refractivity contribution < 1.29 is 25.8 Å². The lowest BCUT2D eigenvalue weighted by atomic mass is 9.80. The average molecular weight is 951 g/mol. The third kappa shape index (κ3) is 8.82. The molecule has 8 heteroatoms. The summed E-state index contributed by atoms with van der Waals surface area (Å²) in [6.07, 6.45) is 0. The Balaban J connectivity index is 1.38. The molecule has 0 aliphatic heterocycles. The number of benzene rings is 6. The Morgan fingerprint density at radius 3 is 1.03 bits per heavy atom. The standard InChI is InChI=1S/C60H72O6P2/c1-33-29-44(58(12,13)14)54-51(36(33)4)50-40(8)39(7)43(57(9,10)11)32-49(50)63-67(64-54)61-47-27-23-21-25-41(47)42-26-22-24-28-48(42)62-68-65-55-45(59(15,16)17)30-34(2)37(5)52(55)53-38(6)35(3)31-46(56(53)66-68)60(18,19)20/h21-32H,1-20H3. The van der Waals surface area contributed by atoms with Gasteiger partial charge in [-0.3, -0.25) is 0 Å². The van der Waals surface area contributed by atoms with Gasteiger partial charge in [0.15, 0.2) is 0 Å². The largest absolute Gasteiger partial charge is 0.453 e. The van der Waals surface area contributed by atoms with Gasteiger partial charge < -0.3 is 25.8 Å². The third-order valence-corrected chi connectivity index (χ3v) is 16.1. The van der Waals surface area contributed by atoms with Crippen LogP contribution in [-0.4, -0.2) is 0 Å². The Morgan fingerprint density at radius 2 is 0.676 bits per heavy atom. The van der Waals surface area contributed by atoms with E-state index in [1.54, 1.807) is 0 Å². The van der Waals surface area contributed by atoms with E-state index in [1.807, 2.05) is 36.4 Å². The second kappa shape index (κ2) is 17.3. The van der Waals surface area contributed by atoms with E-state index in [0.29, 0.717) is 11.5 Å². The van der Waals surface area contributed by atoms with Crippen LogP contribution in [-0.2, 0) is 21.7 Å². The van der Waals surface area contributed by atoms with Crippen molar-refractivity contribution in [2.24, 2.45) is 0 Å². The van der Waals surface area contributed by atoms with Crippen LogP contribution >= 0.6 is 16.5 Å². The highest BCUT2D eigenvalue weighted by Crippen LogP contribution is 2.50. The molecule has 0 saturated heterocycles. The Kier molecular flexibility index (Phi) is 12.5. The molecule has 8 aromatic rings. The summed E-state index contributed by atoms with van der Waals surface area (Å²) < 4.78 is 42.8. The van der Waals surface area contributed by atoms with Gasteiger partial charge in [-0.15, -0.1) is 0 Å². The predicted molar refractivity (Wildman–Crippen MR) is 289 cm³/mol. The van der Waals surface area contributed by atoms with Gasteiger partial charge in [-0.25, -0.2) is 0 Å². The molecule has 1 unspecified atom stereocenters. The molecule has 8 rings (SSSR count). The van der Waals surface area contributed by atoms with Gasteiger partial charge in [0, 0.05) is 49.4 Å². The van der Waals surface area contributed by atoms with Crippen molar-refractivity contribution in [1.82, 2.24) is 0 Å². The maximum Gasteiger partial charge on any atom is 0.453 e. The summed E-state index contributed by atoms with van der Waals surface area (Å²) in [5.74, 6) is 1.21. The van der Waals surface area contributed by atoms with Gasteiger partial charge in [0.25, 0.3) is 0 Å². The molecule has 6 nitrogen and oxygen atoms in total. The lowest BCUT2D eigenvalue weighted by Crippen LogP contribution is -2.14. The van der Waals surface area contributed by atoms with Crippen molar-refractivity contribution >= 4 is 60.4 Å². The lowest BCUT2D eigenvalue weighted by molar-refractivity contribution is 0.486. The van der Waals surface area contributed by atoms with E-state index >= 15 is 0 Å². The SMILES string of the molecule is Cc1cc(C(C)(C)C)c2op(Oc3ccccc3-c3ccccc3Op3oc4c(C(C)(C)C)cc(C)c(C)c4c4c(C)c(C)cc(C(C)(C)C)c4o3)oc3cc(C(C)(C)C)c(C)c(C)c3c2c1C. The minimum Gasteiger partial charge on any atom is -0.390 e. The molecule has 0 spiro atoms. The van der Waals surface area contributed by atoms with E-state index in [4.69, 9.17) is 25.8 Å². The Bertz CT molecular complexity index is 3320. The highest BCUT2D eigenvalue weighted by molar-refractivity contribution is 7.32. The first-order valence-electron chi connectivity index (χ1n) is 24.0. The summed E-state index contributed by atoms with van der Waals surface area (Å²) in [5.41, 5.74) is 18.2. The van der Waals surface area contributed by atoms with E-state index < -0.39 is 16.5 Å². The molecule has 0 fully saturated rings. The fourth-order valence-electron chi connectivity index (χ4n) is 9.70. The van der Waals surface area contributed by atoms with Gasteiger partial charge in [-0.05, 0) is 145 Å². The molecule has 2 aromatic heterocycles. The van der Waals surface area contributed by atoms with Crippen molar-refractivity contribution in [2.45, 2.75) is 160 Å². The number of fused-ring (bicyclic) bond motifs is 6. The number of hydrogen-bond acceptors (Lipinski definition) is 6. The van der Waals surface area contributed by atoms with Crippen molar-refractivity contribution in [3.63, 3.8) is 0 Å². The molecule has 0 amide bonds. The van der Waals surface area contributed by atoms with Crippen LogP contribution in [0.25, 0.3) is 55.0 Å². The monoisotopic (exact) mass is 950 g/mol. The number of aryl methyl sites for hydroxylation is 7. The van der Waals surface area contributed by atoms with E-state index in [1.165, 1.54) is 50.1 Å². The van der Waals surface area contributed by atoms with Gasteiger partial charge in [-0.2, -0.15) is 0 Å². The van der Waals surface area contributed by atoms with Crippen LogP contribution in [0.5, 0.6) is 11.5 Å². The van der Waals surface area contributed by atoms with E-state index in [2.05, 4.69) is 175 Å². The topological polar surface area (TPSA) is 71.0 Å². The van der Waals surface area contributed by atoms with Gasteiger partial charge in [0.05, 0.1) is 0 Å². The van der Waals surface area contributed by atoms with Crippen LogP contribution in [0, 0.1) is 55.4 Å². The average Bonchev–Trinajstić information content (AvgIpc) is 3.50. The zero-order valence-corrected chi connectivity index (χ0v) is 46.1. The summed E-state index contributed by atoms with van der Waals surface area (Å²) in [6.45, 7) is 44.6. The molecule has 68 heavy (non-hydrogen) atoms. The maximum atomic E-state index is 7.18. The minimum atomic E-state index is -2.04. The molecule has 0 aliphatic carbocycles. The second-order valence-corrected chi connectivity index (χ2v) is 25.2. The predicted octanol–water partition coefficient (Wildman–Crippen LogP) is 19.9. The second-order valence-electron chi connectivity index (χ2n) is 23.2. The maximum absolute atomic E-state index is 7.18. The molecule has 0 N–H and O–H groups in total. The summed E-state index contributed by atoms with van der Waals surface area (Å²) in [5, 5.41) is 4.28. The minimum absolute atomic E-state index is 0.115. The van der Waals surface area contributed by atoms with Crippen LogP contribution in [0.4, 0.5) is 0 Å².